The van der Waals surface area contributed by atoms with Crippen LogP contribution in [0.1, 0.15) is 43.4 Å². The molecule has 3 atom stereocenters. The van der Waals surface area contributed by atoms with Gasteiger partial charge in [0.2, 0.25) is 17.7 Å². The highest BCUT2D eigenvalue weighted by Crippen LogP contribution is 2.12. The first kappa shape index (κ1) is 32.2. The second-order valence-electron chi connectivity index (χ2n) is 10.2. The van der Waals surface area contributed by atoms with E-state index in [1.165, 1.54) is 0 Å². The zero-order valence-corrected chi connectivity index (χ0v) is 23.2. The molecule has 9 nitrogen and oxygen atoms in total. The Morgan fingerprint density at radius 1 is 0.900 bits per heavy atom. The Labute approximate surface area is 234 Å². The van der Waals surface area contributed by atoms with Gasteiger partial charge in [0, 0.05) is 12.8 Å². The van der Waals surface area contributed by atoms with Crippen LogP contribution in [0.25, 0.3) is 0 Å². The average Bonchev–Trinajstić information content (AvgIpc) is 2.91. The lowest BCUT2D eigenvalue weighted by atomic mass is 10.0. The average molecular weight is 555 g/mol. The zero-order valence-electron chi connectivity index (χ0n) is 23.2. The summed E-state index contributed by atoms with van der Waals surface area (Å²) in [4.78, 5) is 49.4. The Hall–Kier alpha value is -4.05. The Morgan fingerprint density at radius 2 is 1.52 bits per heavy atom. The van der Waals surface area contributed by atoms with Gasteiger partial charge in [0.25, 0.3) is 0 Å². The number of carbonyl (C=O) groups is 4. The Kier molecular flexibility index (Phi) is 13.0. The quantitative estimate of drug-likeness (QED) is 0.228. The zero-order chi connectivity index (χ0) is 29.7. The van der Waals surface area contributed by atoms with E-state index in [1.807, 2.05) is 51.1 Å². The first-order valence-corrected chi connectivity index (χ1v) is 13.2. The molecule has 0 bridgehead atoms. The Bertz CT molecular complexity index is 1170. The number of rotatable bonds is 15. The highest BCUT2D eigenvalue weighted by Gasteiger charge is 2.27. The van der Waals surface area contributed by atoms with Crippen LogP contribution in [0.15, 0.2) is 66.5 Å². The number of carboxylic acid groups (broad SMARTS) is 1. The van der Waals surface area contributed by atoms with Crippen LogP contribution in [0.5, 0.6) is 0 Å². The molecule has 0 aliphatic carbocycles. The molecular formula is C30H39FN4O5. The van der Waals surface area contributed by atoms with E-state index < -0.39 is 54.2 Å². The summed E-state index contributed by atoms with van der Waals surface area (Å²) in [6.07, 6.45) is 1.38. The van der Waals surface area contributed by atoms with Gasteiger partial charge in [-0.25, -0.2) is 9.18 Å². The fourth-order valence-electron chi connectivity index (χ4n) is 3.94. The summed E-state index contributed by atoms with van der Waals surface area (Å²) >= 11 is 0. The normalized spacial score (nSPS) is 13.7. The molecule has 0 aliphatic heterocycles. The van der Waals surface area contributed by atoms with Gasteiger partial charge < -0.3 is 26.8 Å². The Balaban J connectivity index is 1.93. The number of amides is 3. The molecule has 0 saturated carbocycles. The molecule has 6 N–H and O–H groups in total. The molecule has 0 saturated heterocycles. The summed E-state index contributed by atoms with van der Waals surface area (Å²) < 4.78 is 14.4. The fourth-order valence-corrected chi connectivity index (χ4v) is 3.94. The van der Waals surface area contributed by atoms with Crippen molar-refractivity contribution in [3.05, 3.63) is 83.2 Å². The van der Waals surface area contributed by atoms with Gasteiger partial charge in [-0.05, 0) is 42.9 Å². The van der Waals surface area contributed by atoms with Crippen LogP contribution in [0.2, 0.25) is 0 Å². The summed E-state index contributed by atoms with van der Waals surface area (Å²) in [7, 11) is 0. The van der Waals surface area contributed by atoms with E-state index in [-0.39, 0.29) is 31.6 Å². The predicted molar refractivity (Wildman–Crippen MR) is 151 cm³/mol. The van der Waals surface area contributed by atoms with E-state index in [4.69, 9.17) is 5.73 Å². The van der Waals surface area contributed by atoms with Gasteiger partial charge in [-0.3, -0.25) is 14.4 Å². The second-order valence-corrected chi connectivity index (χ2v) is 10.2. The monoisotopic (exact) mass is 554 g/mol. The summed E-state index contributed by atoms with van der Waals surface area (Å²) in [6.45, 7) is 5.18. The molecule has 0 radical (unpaired) electrons. The number of carbonyl (C=O) groups excluding carboxylic acids is 3. The molecule has 216 valence electrons. The number of aryl methyl sites for hydroxylation is 1. The van der Waals surface area contributed by atoms with Crippen molar-refractivity contribution in [3.63, 3.8) is 0 Å². The molecule has 40 heavy (non-hydrogen) atoms. The van der Waals surface area contributed by atoms with Crippen molar-refractivity contribution < 1.29 is 28.7 Å². The van der Waals surface area contributed by atoms with Crippen molar-refractivity contribution in [1.29, 1.82) is 0 Å². The van der Waals surface area contributed by atoms with Gasteiger partial charge in [0.05, 0.1) is 12.6 Å². The van der Waals surface area contributed by atoms with E-state index in [0.29, 0.717) is 0 Å². The number of carboxylic acids is 1. The first-order chi connectivity index (χ1) is 18.9. The van der Waals surface area contributed by atoms with Crippen LogP contribution < -0.4 is 21.7 Å². The van der Waals surface area contributed by atoms with Crippen molar-refractivity contribution >= 4 is 23.7 Å². The summed E-state index contributed by atoms with van der Waals surface area (Å²) in [5.41, 5.74) is 8.61. The standard InChI is InChI=1S/C30H39FN4O5/c1-19(2)15-26(30(39)40)35-29(38)25(17-21-7-5-4-6-8-21)34-28(37)18-33-27(36)14-13-23(31)24(32)16-22-11-9-20(3)10-12-22/h4-13,19,24-26H,14-18,32H2,1-3H3,(H,33,36)(H,34,37)(H,35,38)(H,39,40)/b23-13-/t24-,25-,26-/m0/s1. The van der Waals surface area contributed by atoms with Gasteiger partial charge in [-0.15, -0.1) is 0 Å². The van der Waals surface area contributed by atoms with Gasteiger partial charge in [0.15, 0.2) is 0 Å². The van der Waals surface area contributed by atoms with Crippen LogP contribution in [-0.2, 0) is 32.0 Å². The minimum atomic E-state index is -1.17. The van der Waals surface area contributed by atoms with Gasteiger partial charge >= 0.3 is 5.97 Å². The third-order valence-electron chi connectivity index (χ3n) is 6.12. The number of nitrogens with one attached hydrogen (secondary N) is 3. The van der Waals surface area contributed by atoms with E-state index in [0.717, 1.165) is 22.8 Å². The lowest BCUT2D eigenvalue weighted by molar-refractivity contribution is -0.142. The number of aliphatic carboxylic acids is 1. The van der Waals surface area contributed by atoms with Gasteiger partial charge in [-0.2, -0.15) is 0 Å². The molecule has 2 rings (SSSR count). The number of halogens is 1. The number of hydrogen-bond acceptors (Lipinski definition) is 5. The molecular weight excluding hydrogens is 515 g/mol. The Morgan fingerprint density at radius 3 is 2.12 bits per heavy atom. The number of nitrogens with two attached hydrogens (primary N) is 1. The molecule has 0 heterocycles. The topological polar surface area (TPSA) is 151 Å². The van der Waals surface area contributed by atoms with Crippen molar-refractivity contribution in [2.24, 2.45) is 11.7 Å². The van der Waals surface area contributed by atoms with Gasteiger partial charge in [-0.1, -0.05) is 74.0 Å². The first-order valence-electron chi connectivity index (χ1n) is 13.2. The smallest absolute Gasteiger partial charge is 0.326 e. The summed E-state index contributed by atoms with van der Waals surface area (Å²) in [6, 6.07) is 13.4. The third-order valence-corrected chi connectivity index (χ3v) is 6.12. The second kappa shape index (κ2) is 16.1. The predicted octanol–water partition coefficient (Wildman–Crippen LogP) is 2.57. The summed E-state index contributed by atoms with van der Waals surface area (Å²) in [5.74, 6) is -3.67. The minimum absolute atomic E-state index is 0.0230. The highest BCUT2D eigenvalue weighted by atomic mass is 19.1. The van der Waals surface area contributed by atoms with Crippen molar-refractivity contribution in [2.75, 3.05) is 6.54 Å². The maximum Gasteiger partial charge on any atom is 0.326 e. The number of hydrogen-bond donors (Lipinski definition) is 5. The number of benzene rings is 2. The van der Waals surface area contributed by atoms with E-state index >= 15 is 0 Å². The van der Waals surface area contributed by atoms with Crippen LogP contribution in [-0.4, -0.2) is 53.5 Å². The van der Waals surface area contributed by atoms with Crippen LogP contribution in [0, 0.1) is 12.8 Å². The van der Waals surface area contributed by atoms with Crippen molar-refractivity contribution in [1.82, 2.24) is 16.0 Å². The van der Waals surface area contributed by atoms with Crippen LogP contribution in [0.4, 0.5) is 4.39 Å². The van der Waals surface area contributed by atoms with Crippen LogP contribution in [0.3, 0.4) is 0 Å². The maximum atomic E-state index is 14.4. The van der Waals surface area contributed by atoms with E-state index in [9.17, 15) is 28.7 Å². The SMILES string of the molecule is Cc1ccc(C[C@H](N)/C(F)=C/CC(=O)NCC(=O)N[C@@H](Cc2ccccc2)C(=O)N[C@@H](CC(C)C)C(=O)O)cc1. The largest absolute Gasteiger partial charge is 0.480 e. The minimum Gasteiger partial charge on any atom is -0.480 e. The lowest BCUT2D eigenvalue weighted by Crippen LogP contribution is -2.54. The van der Waals surface area contributed by atoms with E-state index in [2.05, 4.69) is 16.0 Å². The maximum absolute atomic E-state index is 14.4. The highest BCUT2D eigenvalue weighted by molar-refractivity contribution is 5.92. The molecule has 10 heteroatoms. The third kappa shape index (κ3) is 11.8. The molecule has 0 aromatic heterocycles. The molecule has 0 spiro atoms. The fraction of sp³-hybridized carbons (Fsp3) is 0.400. The van der Waals surface area contributed by atoms with Crippen LogP contribution >= 0.6 is 0 Å². The molecule has 2 aromatic rings. The molecule has 0 unspecified atom stereocenters. The van der Waals surface area contributed by atoms with Gasteiger partial charge in [0.1, 0.15) is 17.9 Å². The van der Waals surface area contributed by atoms with Crippen molar-refractivity contribution in [3.8, 4) is 0 Å². The van der Waals surface area contributed by atoms with Crippen molar-refractivity contribution in [2.45, 2.75) is 64.6 Å². The molecule has 0 aliphatic rings. The lowest BCUT2D eigenvalue weighted by Gasteiger charge is -2.22. The summed E-state index contributed by atoms with van der Waals surface area (Å²) in [5, 5.41) is 16.9. The molecule has 2 aromatic carbocycles. The molecule has 3 amide bonds. The molecule has 0 fully saturated rings. The van der Waals surface area contributed by atoms with E-state index in [1.54, 1.807) is 24.3 Å².